The normalized spacial score (nSPS) is 18.3. The summed E-state index contributed by atoms with van der Waals surface area (Å²) in [5.74, 6) is -1.74. The van der Waals surface area contributed by atoms with Crippen molar-refractivity contribution in [1.82, 2.24) is 9.80 Å². The fourth-order valence-electron chi connectivity index (χ4n) is 4.59. The summed E-state index contributed by atoms with van der Waals surface area (Å²) in [5.41, 5.74) is 1.14. The second-order valence-corrected chi connectivity index (χ2v) is 9.19. The van der Waals surface area contributed by atoms with E-state index in [-0.39, 0.29) is 24.6 Å². The molecule has 9 heteroatoms. The largest absolute Gasteiger partial charge is 0.465 e. The van der Waals surface area contributed by atoms with Gasteiger partial charge in [0.25, 0.3) is 0 Å². The predicted molar refractivity (Wildman–Crippen MR) is 131 cm³/mol. The molecule has 0 spiro atoms. The summed E-state index contributed by atoms with van der Waals surface area (Å²) < 4.78 is 46.9. The van der Waals surface area contributed by atoms with Crippen LogP contribution in [0.1, 0.15) is 36.9 Å². The Morgan fingerprint density at radius 3 is 2.30 bits per heavy atom. The van der Waals surface area contributed by atoms with Crippen LogP contribution < -0.4 is 0 Å². The molecule has 2 amide bonds. The average molecular weight is 513 g/mol. The minimum absolute atomic E-state index is 0.122. The quantitative estimate of drug-likeness (QED) is 0.389. The molecule has 0 aliphatic carbocycles. The zero-order chi connectivity index (χ0) is 26.7. The molecule has 6 nitrogen and oxygen atoms in total. The maximum Gasteiger partial charge on any atom is 0.411 e. The maximum atomic E-state index is 14.2. The molecule has 37 heavy (non-hydrogen) atoms. The first-order valence-electron chi connectivity index (χ1n) is 11.8. The zero-order valence-corrected chi connectivity index (χ0v) is 20.5. The molecule has 0 aromatic heterocycles. The van der Waals surface area contributed by atoms with Gasteiger partial charge in [-0.2, -0.15) is 0 Å². The number of benzene rings is 3. The van der Waals surface area contributed by atoms with E-state index in [1.54, 1.807) is 41.3 Å². The first-order chi connectivity index (χ1) is 17.6. The first-order valence-corrected chi connectivity index (χ1v) is 11.8. The number of cyclic esters (lactones) is 1. The molecule has 1 fully saturated rings. The maximum absolute atomic E-state index is 14.2. The number of carbonyl (C=O) groups is 2. The van der Waals surface area contributed by atoms with E-state index >= 15 is 0 Å². The highest BCUT2D eigenvalue weighted by Gasteiger charge is 2.43. The second-order valence-electron chi connectivity index (χ2n) is 9.19. The molecular weight excluding hydrogens is 485 g/mol. The van der Waals surface area contributed by atoms with Crippen LogP contribution in [0.4, 0.5) is 22.8 Å². The van der Waals surface area contributed by atoms with Crippen LogP contribution in [0.2, 0.25) is 0 Å². The Hall–Kier alpha value is -4.01. The number of ether oxygens (including phenoxy) is 1. The molecule has 3 aromatic carbocycles. The molecule has 0 bridgehead atoms. The molecule has 0 radical (unpaired) electrons. The highest BCUT2D eigenvalue weighted by Crippen LogP contribution is 2.40. The van der Waals surface area contributed by atoms with E-state index in [4.69, 9.17) is 4.74 Å². The summed E-state index contributed by atoms with van der Waals surface area (Å²) >= 11 is 0. The molecule has 4 rings (SSSR count). The number of carbonyl (C=O) groups excluding carboxylic acids is 1. The van der Waals surface area contributed by atoms with Crippen molar-refractivity contribution in [2.45, 2.75) is 31.4 Å². The van der Waals surface area contributed by atoms with E-state index in [9.17, 15) is 27.9 Å². The minimum atomic E-state index is -1.10. The van der Waals surface area contributed by atoms with Crippen molar-refractivity contribution in [1.29, 1.82) is 0 Å². The van der Waals surface area contributed by atoms with Gasteiger partial charge >= 0.3 is 12.2 Å². The van der Waals surface area contributed by atoms with Crippen molar-refractivity contribution in [3.63, 3.8) is 0 Å². The Labute approximate surface area is 212 Å². The summed E-state index contributed by atoms with van der Waals surface area (Å²) in [6.45, 7) is 2.29. The van der Waals surface area contributed by atoms with Gasteiger partial charge in [-0.1, -0.05) is 36.4 Å². The number of amides is 2. The standard InChI is InChI=1S/C28H27F3N2O4/c1-18(19-3-5-20(6-4-19)24-12-11-23(30)17-25(24)31)33-16-14-28(37-27(33)36,13-15-32(2)26(34)35)21-7-9-22(29)10-8-21/h3-12,17-18H,13-16H2,1-2H3,(H,34,35)/t18-,28+/m0/s1. The van der Waals surface area contributed by atoms with Crippen LogP contribution in [-0.4, -0.2) is 47.2 Å². The molecular formula is C28H27F3N2O4. The van der Waals surface area contributed by atoms with Crippen LogP contribution >= 0.6 is 0 Å². The molecule has 0 unspecified atom stereocenters. The van der Waals surface area contributed by atoms with Gasteiger partial charge in [-0.15, -0.1) is 0 Å². The molecule has 1 heterocycles. The Morgan fingerprint density at radius 1 is 1.05 bits per heavy atom. The molecule has 1 aliphatic rings. The summed E-state index contributed by atoms with van der Waals surface area (Å²) in [5, 5.41) is 9.24. The molecule has 3 aromatic rings. The lowest BCUT2D eigenvalue weighted by Crippen LogP contribution is -2.49. The third-order valence-electron chi connectivity index (χ3n) is 6.92. The Kier molecular flexibility index (Phi) is 7.42. The van der Waals surface area contributed by atoms with Gasteiger partial charge in [0, 0.05) is 44.6 Å². The zero-order valence-electron chi connectivity index (χ0n) is 20.5. The van der Waals surface area contributed by atoms with Gasteiger partial charge in [0.2, 0.25) is 0 Å². The lowest BCUT2D eigenvalue weighted by atomic mass is 9.85. The smallest absolute Gasteiger partial charge is 0.411 e. The van der Waals surface area contributed by atoms with Crippen LogP contribution in [0, 0.1) is 17.5 Å². The fraction of sp³-hybridized carbons (Fsp3) is 0.286. The fourth-order valence-corrected chi connectivity index (χ4v) is 4.59. The number of carboxylic acid groups (broad SMARTS) is 1. The van der Waals surface area contributed by atoms with E-state index in [1.165, 1.54) is 31.3 Å². The molecule has 2 atom stereocenters. The molecule has 1 N–H and O–H groups in total. The topological polar surface area (TPSA) is 70.1 Å². The van der Waals surface area contributed by atoms with Gasteiger partial charge in [0.05, 0.1) is 6.04 Å². The number of rotatable bonds is 7. The molecule has 194 valence electrons. The lowest BCUT2D eigenvalue weighted by Gasteiger charge is -2.44. The van der Waals surface area contributed by atoms with Crippen LogP contribution in [0.25, 0.3) is 11.1 Å². The number of hydrogen-bond acceptors (Lipinski definition) is 3. The predicted octanol–water partition coefficient (Wildman–Crippen LogP) is 6.57. The number of nitrogens with zero attached hydrogens (tertiary/aromatic N) is 2. The van der Waals surface area contributed by atoms with E-state index < -0.39 is 35.2 Å². The van der Waals surface area contributed by atoms with Gasteiger partial charge in [0.15, 0.2) is 0 Å². The summed E-state index contributed by atoms with van der Waals surface area (Å²) in [7, 11) is 1.43. The minimum Gasteiger partial charge on any atom is -0.465 e. The number of halogens is 3. The van der Waals surface area contributed by atoms with Crippen molar-refractivity contribution in [3.05, 3.63) is 95.3 Å². The SMILES string of the molecule is C[C@@H](c1ccc(-c2ccc(F)cc2F)cc1)N1CC[C@](CCN(C)C(=O)O)(c2ccc(F)cc2)OC1=O. The third kappa shape index (κ3) is 5.55. The van der Waals surface area contributed by atoms with Crippen molar-refractivity contribution in [3.8, 4) is 11.1 Å². The van der Waals surface area contributed by atoms with Crippen molar-refractivity contribution in [2.24, 2.45) is 0 Å². The van der Waals surface area contributed by atoms with Crippen molar-refractivity contribution in [2.75, 3.05) is 20.1 Å². The number of hydrogen-bond donors (Lipinski definition) is 1. The highest BCUT2D eigenvalue weighted by atomic mass is 19.1. The summed E-state index contributed by atoms with van der Waals surface area (Å²) in [4.78, 5) is 27.2. The molecule has 1 aliphatic heterocycles. The van der Waals surface area contributed by atoms with Crippen LogP contribution in [0.5, 0.6) is 0 Å². The van der Waals surface area contributed by atoms with E-state index in [2.05, 4.69) is 0 Å². The van der Waals surface area contributed by atoms with Gasteiger partial charge in [-0.3, -0.25) is 0 Å². The third-order valence-corrected chi connectivity index (χ3v) is 6.92. The Morgan fingerprint density at radius 2 is 1.70 bits per heavy atom. The lowest BCUT2D eigenvalue weighted by molar-refractivity contribution is -0.0677. The van der Waals surface area contributed by atoms with E-state index in [0.717, 1.165) is 16.5 Å². The van der Waals surface area contributed by atoms with Crippen LogP contribution in [0.3, 0.4) is 0 Å². The summed E-state index contributed by atoms with van der Waals surface area (Å²) in [6.07, 6.45) is -1.08. The average Bonchev–Trinajstić information content (AvgIpc) is 2.87. The van der Waals surface area contributed by atoms with Crippen LogP contribution in [-0.2, 0) is 10.3 Å². The van der Waals surface area contributed by atoms with Gasteiger partial charge in [-0.05, 0) is 47.9 Å². The molecule has 1 saturated heterocycles. The van der Waals surface area contributed by atoms with Gasteiger partial charge in [0.1, 0.15) is 23.1 Å². The Balaban J connectivity index is 1.53. The monoisotopic (exact) mass is 512 g/mol. The van der Waals surface area contributed by atoms with E-state index in [1.807, 2.05) is 6.92 Å². The molecule has 0 saturated carbocycles. The van der Waals surface area contributed by atoms with E-state index in [0.29, 0.717) is 24.1 Å². The second kappa shape index (κ2) is 10.5. The first kappa shape index (κ1) is 26.1. The highest BCUT2D eigenvalue weighted by molar-refractivity contribution is 5.71. The Bertz CT molecular complexity index is 1280. The summed E-state index contributed by atoms with van der Waals surface area (Å²) in [6, 6.07) is 15.7. The van der Waals surface area contributed by atoms with Crippen molar-refractivity contribution >= 4 is 12.2 Å². The van der Waals surface area contributed by atoms with Crippen molar-refractivity contribution < 1.29 is 32.6 Å². The van der Waals surface area contributed by atoms with Gasteiger partial charge < -0.3 is 19.6 Å². The van der Waals surface area contributed by atoms with Gasteiger partial charge in [-0.25, -0.2) is 22.8 Å². The van der Waals surface area contributed by atoms with Crippen LogP contribution in [0.15, 0.2) is 66.7 Å².